The second kappa shape index (κ2) is 5.16. The first-order valence-corrected chi connectivity index (χ1v) is 5.73. The number of carbonyl (C=O) groups excluding carboxylic acids is 3. The van der Waals surface area contributed by atoms with Crippen molar-refractivity contribution in [2.75, 3.05) is 0 Å². The molecule has 18 heavy (non-hydrogen) atoms. The van der Waals surface area contributed by atoms with Gasteiger partial charge in [-0.2, -0.15) is 0 Å². The van der Waals surface area contributed by atoms with Crippen LogP contribution in [0.4, 0.5) is 4.79 Å². The minimum atomic E-state index is -1.71. The van der Waals surface area contributed by atoms with Crippen LogP contribution in [0.25, 0.3) is 0 Å². The zero-order chi connectivity index (χ0) is 13.9. The molecule has 0 saturated carbocycles. The predicted molar refractivity (Wildman–Crippen MR) is 60.4 cm³/mol. The lowest BCUT2D eigenvalue weighted by atomic mass is 9.69. The Hall–Kier alpha value is -1.92. The monoisotopic (exact) mass is 256 g/mol. The maximum absolute atomic E-state index is 11.9. The van der Waals surface area contributed by atoms with Crippen molar-refractivity contribution in [1.82, 2.24) is 10.6 Å². The molecule has 1 atom stereocenters. The van der Waals surface area contributed by atoms with Gasteiger partial charge in [-0.05, 0) is 12.3 Å². The summed E-state index contributed by atoms with van der Waals surface area (Å²) in [7, 11) is 0. The highest BCUT2D eigenvalue weighted by atomic mass is 16.4. The van der Waals surface area contributed by atoms with Crippen LogP contribution in [0, 0.1) is 11.3 Å². The van der Waals surface area contributed by atoms with E-state index in [0.717, 1.165) is 0 Å². The van der Waals surface area contributed by atoms with Gasteiger partial charge in [0.15, 0.2) is 0 Å². The van der Waals surface area contributed by atoms with Crippen molar-refractivity contribution >= 4 is 23.8 Å². The van der Waals surface area contributed by atoms with E-state index in [9.17, 15) is 19.2 Å². The second-order valence-corrected chi connectivity index (χ2v) is 4.47. The van der Waals surface area contributed by atoms with Gasteiger partial charge in [-0.3, -0.25) is 25.0 Å². The molecule has 4 amide bonds. The van der Waals surface area contributed by atoms with Gasteiger partial charge < -0.3 is 5.11 Å². The SMILES string of the molecule is CCCC(C)C1(CC(=O)O)C(=O)NC(=O)NC1=O. The molecule has 0 aromatic rings. The first-order chi connectivity index (χ1) is 8.34. The maximum atomic E-state index is 11.9. The van der Waals surface area contributed by atoms with Gasteiger partial charge in [0.05, 0.1) is 6.42 Å². The lowest BCUT2D eigenvalue weighted by molar-refractivity contribution is -0.157. The summed E-state index contributed by atoms with van der Waals surface area (Å²) in [6.45, 7) is 3.51. The van der Waals surface area contributed by atoms with E-state index in [1.54, 1.807) is 6.92 Å². The Morgan fingerprint density at radius 3 is 2.17 bits per heavy atom. The third-order valence-electron chi connectivity index (χ3n) is 3.26. The van der Waals surface area contributed by atoms with E-state index in [1.165, 1.54) is 0 Å². The molecule has 7 heteroatoms. The molecule has 100 valence electrons. The second-order valence-electron chi connectivity index (χ2n) is 4.47. The third-order valence-corrected chi connectivity index (χ3v) is 3.26. The summed E-state index contributed by atoms with van der Waals surface area (Å²) in [5.41, 5.74) is -1.71. The van der Waals surface area contributed by atoms with Crippen molar-refractivity contribution < 1.29 is 24.3 Å². The molecule has 0 spiro atoms. The minimum absolute atomic E-state index is 0.466. The van der Waals surface area contributed by atoms with Crippen molar-refractivity contribution in [1.29, 1.82) is 0 Å². The summed E-state index contributed by atoms with van der Waals surface area (Å²) in [5, 5.41) is 12.8. The third kappa shape index (κ3) is 2.34. The topological polar surface area (TPSA) is 113 Å². The van der Waals surface area contributed by atoms with Gasteiger partial charge in [-0.25, -0.2) is 4.79 Å². The van der Waals surface area contributed by atoms with Crippen LogP contribution in [0.1, 0.15) is 33.1 Å². The number of amides is 4. The summed E-state index contributed by atoms with van der Waals surface area (Å²) >= 11 is 0. The van der Waals surface area contributed by atoms with E-state index >= 15 is 0 Å². The number of imide groups is 2. The average molecular weight is 256 g/mol. The van der Waals surface area contributed by atoms with Gasteiger partial charge in [-0.15, -0.1) is 0 Å². The van der Waals surface area contributed by atoms with E-state index in [2.05, 4.69) is 0 Å². The standard InChI is InChI=1S/C11H16N2O5/c1-3-4-6(2)11(5-7(14)15)8(16)12-10(18)13-9(11)17/h6H,3-5H2,1-2H3,(H,14,15)(H2,12,13,16,17,18). The Morgan fingerprint density at radius 1 is 1.28 bits per heavy atom. The van der Waals surface area contributed by atoms with E-state index in [0.29, 0.717) is 12.8 Å². The number of carboxylic acids is 1. The fourth-order valence-corrected chi connectivity index (χ4v) is 2.26. The first kappa shape index (κ1) is 14.1. The fourth-order valence-electron chi connectivity index (χ4n) is 2.26. The van der Waals surface area contributed by atoms with Crippen molar-refractivity contribution in [2.24, 2.45) is 11.3 Å². The molecule has 3 N–H and O–H groups in total. The minimum Gasteiger partial charge on any atom is -0.481 e. The van der Waals surface area contributed by atoms with Crippen LogP contribution in [0.15, 0.2) is 0 Å². The van der Waals surface area contributed by atoms with Gasteiger partial charge in [0.1, 0.15) is 5.41 Å². The molecule has 1 aliphatic heterocycles. The first-order valence-electron chi connectivity index (χ1n) is 5.73. The van der Waals surface area contributed by atoms with Crippen molar-refractivity contribution in [2.45, 2.75) is 33.1 Å². The number of hydrogen-bond donors (Lipinski definition) is 3. The number of nitrogens with one attached hydrogen (secondary N) is 2. The fraction of sp³-hybridized carbons (Fsp3) is 0.636. The maximum Gasteiger partial charge on any atom is 0.328 e. The highest BCUT2D eigenvalue weighted by Crippen LogP contribution is 2.37. The Balaban J connectivity index is 3.17. The Labute approximate surface area is 104 Å². The van der Waals surface area contributed by atoms with E-state index in [1.807, 2.05) is 17.6 Å². The highest BCUT2D eigenvalue weighted by Gasteiger charge is 2.54. The van der Waals surface area contributed by atoms with Crippen LogP contribution < -0.4 is 10.6 Å². The van der Waals surface area contributed by atoms with E-state index in [-0.39, 0.29) is 0 Å². The van der Waals surface area contributed by atoms with E-state index < -0.39 is 41.6 Å². The molecular formula is C11H16N2O5. The molecule has 0 aliphatic carbocycles. The highest BCUT2D eigenvalue weighted by molar-refractivity contribution is 6.20. The quantitative estimate of drug-likeness (QED) is 0.610. The zero-order valence-corrected chi connectivity index (χ0v) is 10.3. The number of urea groups is 1. The van der Waals surface area contributed by atoms with Gasteiger partial charge >= 0.3 is 12.0 Å². The number of barbiturate groups is 1. The lowest BCUT2D eigenvalue weighted by Crippen LogP contribution is -2.65. The van der Waals surface area contributed by atoms with Gasteiger partial charge in [-0.1, -0.05) is 20.3 Å². The molecule has 7 nitrogen and oxygen atoms in total. The Bertz CT molecular complexity index is 384. The zero-order valence-electron chi connectivity index (χ0n) is 10.3. The normalized spacial score (nSPS) is 20.0. The van der Waals surface area contributed by atoms with Crippen LogP contribution in [0.2, 0.25) is 0 Å². The summed E-state index contributed by atoms with van der Waals surface area (Å²) in [6.07, 6.45) is 0.596. The molecule has 0 radical (unpaired) electrons. The van der Waals surface area contributed by atoms with Gasteiger partial charge in [0.25, 0.3) is 0 Å². The molecule has 0 aromatic heterocycles. The average Bonchev–Trinajstić information content (AvgIpc) is 2.23. The largest absolute Gasteiger partial charge is 0.481 e. The van der Waals surface area contributed by atoms with Crippen LogP contribution >= 0.6 is 0 Å². The van der Waals surface area contributed by atoms with Crippen LogP contribution in [0.5, 0.6) is 0 Å². The summed E-state index contributed by atoms with van der Waals surface area (Å²) < 4.78 is 0. The molecule has 0 bridgehead atoms. The molecule has 1 rings (SSSR count). The Kier molecular flexibility index (Phi) is 4.05. The molecule has 1 unspecified atom stereocenters. The smallest absolute Gasteiger partial charge is 0.328 e. The molecule has 1 fully saturated rings. The van der Waals surface area contributed by atoms with Crippen LogP contribution in [0.3, 0.4) is 0 Å². The van der Waals surface area contributed by atoms with Crippen molar-refractivity contribution in [3.63, 3.8) is 0 Å². The lowest BCUT2D eigenvalue weighted by Gasteiger charge is -2.37. The Morgan fingerprint density at radius 2 is 1.78 bits per heavy atom. The molecular weight excluding hydrogens is 240 g/mol. The number of rotatable bonds is 5. The predicted octanol–water partition coefficient (Wildman–Crippen LogP) is 0.250. The molecule has 1 heterocycles. The number of aliphatic carboxylic acids is 1. The summed E-state index contributed by atoms with van der Waals surface area (Å²) in [6, 6.07) is -0.908. The summed E-state index contributed by atoms with van der Waals surface area (Å²) in [4.78, 5) is 45.8. The number of carboxylic acid groups (broad SMARTS) is 1. The molecule has 1 aliphatic rings. The summed E-state index contributed by atoms with van der Waals surface area (Å²) in [5.74, 6) is -3.39. The number of hydrogen-bond acceptors (Lipinski definition) is 4. The van der Waals surface area contributed by atoms with E-state index in [4.69, 9.17) is 5.11 Å². The van der Waals surface area contributed by atoms with Crippen molar-refractivity contribution in [3.05, 3.63) is 0 Å². The van der Waals surface area contributed by atoms with Gasteiger partial charge in [0.2, 0.25) is 11.8 Å². The molecule has 0 aromatic carbocycles. The molecule has 1 saturated heterocycles. The van der Waals surface area contributed by atoms with Crippen molar-refractivity contribution in [3.8, 4) is 0 Å². The van der Waals surface area contributed by atoms with Crippen LogP contribution in [-0.2, 0) is 14.4 Å². The number of carbonyl (C=O) groups is 4. The van der Waals surface area contributed by atoms with Crippen LogP contribution in [-0.4, -0.2) is 28.9 Å². The van der Waals surface area contributed by atoms with Gasteiger partial charge in [0, 0.05) is 0 Å².